The number of rotatable bonds is 4. The molecule has 0 spiro atoms. The minimum absolute atomic E-state index is 0.272. The lowest BCUT2D eigenvalue weighted by Gasteiger charge is -2.10. The van der Waals surface area contributed by atoms with Gasteiger partial charge < -0.3 is 0 Å². The molecule has 0 saturated heterocycles. The molecule has 2 rings (SSSR count). The average Bonchev–Trinajstić information content (AvgIpc) is 2.42. The van der Waals surface area contributed by atoms with Gasteiger partial charge in [0.25, 0.3) is 10.0 Å². The predicted octanol–water partition coefficient (Wildman–Crippen LogP) is 3.75. The smallest absolute Gasteiger partial charge is 0.261 e. The van der Waals surface area contributed by atoms with Crippen molar-refractivity contribution in [2.75, 3.05) is 4.72 Å². The Balaban J connectivity index is 2.30. The summed E-state index contributed by atoms with van der Waals surface area (Å²) in [7, 11) is -3.55. The minimum Gasteiger partial charge on any atom is -0.280 e. The third-order valence-corrected chi connectivity index (χ3v) is 4.57. The molecule has 0 bridgehead atoms. The zero-order valence-electron chi connectivity index (χ0n) is 11.6. The quantitative estimate of drug-likeness (QED) is 0.931. The van der Waals surface area contributed by atoms with Crippen LogP contribution >= 0.6 is 0 Å². The van der Waals surface area contributed by atoms with Gasteiger partial charge in [-0.15, -0.1) is 0 Å². The fourth-order valence-corrected chi connectivity index (χ4v) is 2.93. The van der Waals surface area contributed by atoms with Crippen LogP contribution < -0.4 is 4.72 Å². The second-order valence-corrected chi connectivity index (χ2v) is 6.36. The van der Waals surface area contributed by atoms with Gasteiger partial charge in [0.05, 0.1) is 4.90 Å². The van der Waals surface area contributed by atoms with Crippen LogP contribution in [0.25, 0.3) is 6.08 Å². The first-order valence-electron chi connectivity index (χ1n) is 6.25. The summed E-state index contributed by atoms with van der Waals surface area (Å²) in [5, 5.41) is 0. The molecule has 20 heavy (non-hydrogen) atoms. The Morgan fingerprint density at radius 2 is 1.65 bits per heavy atom. The molecular weight excluding hydrogens is 270 g/mol. The van der Waals surface area contributed by atoms with Crippen molar-refractivity contribution in [3.63, 3.8) is 0 Å². The molecule has 0 radical (unpaired) electrons. The van der Waals surface area contributed by atoms with Gasteiger partial charge in [-0.05, 0) is 54.8 Å². The first-order chi connectivity index (χ1) is 9.42. The molecule has 0 saturated carbocycles. The number of anilines is 1. The molecule has 0 atom stereocenters. The van der Waals surface area contributed by atoms with Crippen LogP contribution in [0.3, 0.4) is 0 Å². The van der Waals surface area contributed by atoms with Gasteiger partial charge in [-0.3, -0.25) is 4.72 Å². The second-order valence-electron chi connectivity index (χ2n) is 4.68. The highest BCUT2D eigenvalue weighted by atomic mass is 32.2. The van der Waals surface area contributed by atoms with E-state index in [9.17, 15) is 8.42 Å². The lowest BCUT2D eigenvalue weighted by Crippen LogP contribution is -2.13. The van der Waals surface area contributed by atoms with Gasteiger partial charge in [0, 0.05) is 5.69 Å². The maximum Gasteiger partial charge on any atom is 0.261 e. The number of aryl methyl sites for hydroxylation is 2. The summed E-state index contributed by atoms with van der Waals surface area (Å²) >= 11 is 0. The number of hydrogen-bond donors (Lipinski definition) is 1. The van der Waals surface area contributed by atoms with Crippen molar-refractivity contribution in [2.24, 2.45) is 0 Å². The highest BCUT2D eigenvalue weighted by Crippen LogP contribution is 2.19. The van der Waals surface area contributed by atoms with Crippen LogP contribution in [0.5, 0.6) is 0 Å². The summed E-state index contributed by atoms with van der Waals surface area (Å²) in [4.78, 5) is 0.272. The molecule has 0 unspecified atom stereocenters. The molecule has 2 aromatic rings. The normalized spacial score (nSPS) is 11.1. The third kappa shape index (κ3) is 3.08. The van der Waals surface area contributed by atoms with Crippen molar-refractivity contribution in [3.8, 4) is 0 Å². The molecular formula is C16H17NO2S. The van der Waals surface area contributed by atoms with Crippen LogP contribution in [0.2, 0.25) is 0 Å². The zero-order valence-corrected chi connectivity index (χ0v) is 12.4. The number of nitrogens with one attached hydrogen (secondary N) is 1. The Kier molecular flexibility index (Phi) is 3.95. The second kappa shape index (κ2) is 5.51. The summed E-state index contributed by atoms with van der Waals surface area (Å²) < 4.78 is 27.1. The molecule has 0 amide bonds. The Morgan fingerprint density at radius 1 is 1.00 bits per heavy atom. The van der Waals surface area contributed by atoms with Crippen LogP contribution in [0, 0.1) is 13.8 Å². The van der Waals surface area contributed by atoms with Crippen molar-refractivity contribution in [2.45, 2.75) is 18.7 Å². The van der Waals surface area contributed by atoms with E-state index < -0.39 is 10.0 Å². The van der Waals surface area contributed by atoms with E-state index >= 15 is 0 Å². The van der Waals surface area contributed by atoms with Crippen molar-refractivity contribution < 1.29 is 8.42 Å². The molecule has 0 aliphatic rings. The monoisotopic (exact) mass is 287 g/mol. The number of benzene rings is 2. The number of hydrogen-bond acceptors (Lipinski definition) is 2. The Bertz CT molecular complexity index is 732. The number of sulfonamides is 1. The van der Waals surface area contributed by atoms with E-state index in [4.69, 9.17) is 0 Å². The summed E-state index contributed by atoms with van der Waals surface area (Å²) in [6.07, 6.45) is 1.71. The summed E-state index contributed by atoms with van der Waals surface area (Å²) in [5.41, 5.74) is 3.50. The van der Waals surface area contributed by atoms with E-state index in [1.54, 1.807) is 30.3 Å². The molecule has 0 fully saturated rings. The van der Waals surface area contributed by atoms with Gasteiger partial charge in [-0.1, -0.05) is 30.9 Å². The third-order valence-electron chi connectivity index (χ3n) is 3.19. The topological polar surface area (TPSA) is 46.2 Å². The molecule has 0 aromatic heterocycles. The Morgan fingerprint density at radius 3 is 2.20 bits per heavy atom. The summed E-state index contributed by atoms with van der Waals surface area (Å²) in [6, 6.07) is 12.2. The molecule has 0 aliphatic carbocycles. The van der Waals surface area contributed by atoms with Gasteiger partial charge >= 0.3 is 0 Å². The highest BCUT2D eigenvalue weighted by Gasteiger charge is 2.14. The lowest BCUT2D eigenvalue weighted by molar-refractivity contribution is 0.601. The standard InChI is InChI=1S/C16H17NO2S/c1-4-14-6-8-15(9-7-14)17-20(18,19)16-10-5-12(2)13(3)11-16/h4-11,17H,1H2,2-3H3. The zero-order chi connectivity index (χ0) is 14.8. The summed E-state index contributed by atoms with van der Waals surface area (Å²) in [6.45, 7) is 7.51. The molecule has 0 heterocycles. The van der Waals surface area contributed by atoms with Crippen LogP contribution in [-0.4, -0.2) is 8.42 Å². The molecule has 2 aromatic carbocycles. The predicted molar refractivity (Wildman–Crippen MR) is 83.3 cm³/mol. The fraction of sp³-hybridized carbons (Fsp3) is 0.125. The van der Waals surface area contributed by atoms with Crippen molar-refractivity contribution in [1.29, 1.82) is 0 Å². The molecule has 104 valence electrons. The first-order valence-corrected chi connectivity index (χ1v) is 7.73. The van der Waals surface area contributed by atoms with Crippen molar-refractivity contribution in [1.82, 2.24) is 0 Å². The molecule has 4 heteroatoms. The maximum atomic E-state index is 12.3. The fourth-order valence-electron chi connectivity index (χ4n) is 1.78. The SMILES string of the molecule is C=Cc1ccc(NS(=O)(=O)c2ccc(C)c(C)c2)cc1. The summed E-state index contributed by atoms with van der Waals surface area (Å²) in [5.74, 6) is 0. The van der Waals surface area contributed by atoms with E-state index in [2.05, 4.69) is 11.3 Å². The first kappa shape index (κ1) is 14.3. The molecule has 1 N–H and O–H groups in total. The van der Waals surface area contributed by atoms with Gasteiger partial charge in [0.15, 0.2) is 0 Å². The van der Waals surface area contributed by atoms with E-state index in [0.717, 1.165) is 16.7 Å². The highest BCUT2D eigenvalue weighted by molar-refractivity contribution is 7.92. The van der Waals surface area contributed by atoms with Gasteiger partial charge in [-0.2, -0.15) is 0 Å². The minimum atomic E-state index is -3.55. The lowest BCUT2D eigenvalue weighted by atomic mass is 10.1. The van der Waals surface area contributed by atoms with Crippen LogP contribution in [0.4, 0.5) is 5.69 Å². The Labute approximate surface area is 120 Å². The van der Waals surface area contributed by atoms with E-state index in [0.29, 0.717) is 5.69 Å². The molecule has 0 aliphatic heterocycles. The molecule has 3 nitrogen and oxygen atoms in total. The Hall–Kier alpha value is -2.07. The van der Waals surface area contributed by atoms with Gasteiger partial charge in [-0.25, -0.2) is 8.42 Å². The van der Waals surface area contributed by atoms with Crippen LogP contribution in [-0.2, 0) is 10.0 Å². The maximum absolute atomic E-state index is 12.3. The van der Waals surface area contributed by atoms with E-state index in [1.165, 1.54) is 0 Å². The average molecular weight is 287 g/mol. The van der Waals surface area contributed by atoms with E-state index in [1.807, 2.05) is 32.0 Å². The largest absolute Gasteiger partial charge is 0.280 e. The van der Waals surface area contributed by atoms with Crippen molar-refractivity contribution >= 4 is 21.8 Å². The van der Waals surface area contributed by atoms with Crippen LogP contribution in [0.15, 0.2) is 53.9 Å². The van der Waals surface area contributed by atoms with Gasteiger partial charge in [0.1, 0.15) is 0 Å². The van der Waals surface area contributed by atoms with Gasteiger partial charge in [0.2, 0.25) is 0 Å². The van der Waals surface area contributed by atoms with Crippen LogP contribution in [0.1, 0.15) is 16.7 Å². The van der Waals surface area contributed by atoms with E-state index in [-0.39, 0.29) is 4.90 Å². The van der Waals surface area contributed by atoms with Crippen molar-refractivity contribution in [3.05, 3.63) is 65.7 Å².